The van der Waals surface area contributed by atoms with Crippen LogP contribution in [0.3, 0.4) is 0 Å². The molecule has 2 heterocycles. The number of anilines is 1. The fraction of sp³-hybridized carbons (Fsp3) is 0.421. The van der Waals surface area contributed by atoms with Crippen LogP contribution in [0, 0.1) is 0 Å². The van der Waals surface area contributed by atoms with Crippen molar-refractivity contribution in [3.63, 3.8) is 0 Å². The Labute approximate surface area is 153 Å². The highest BCUT2D eigenvalue weighted by molar-refractivity contribution is 5.88. The van der Waals surface area contributed by atoms with Gasteiger partial charge in [0.2, 0.25) is 11.8 Å². The van der Waals surface area contributed by atoms with Crippen molar-refractivity contribution in [2.75, 3.05) is 25.0 Å². The number of aromatic nitrogens is 2. The normalized spacial score (nSPS) is 17.7. The van der Waals surface area contributed by atoms with Crippen molar-refractivity contribution in [1.82, 2.24) is 20.2 Å². The summed E-state index contributed by atoms with van der Waals surface area (Å²) in [5.41, 5.74) is 1.75. The number of carbonyl (C=O) groups excluding carboxylic acids is 2. The minimum Gasteiger partial charge on any atom is -0.351 e. The lowest BCUT2D eigenvalue weighted by molar-refractivity contribution is -0.122. The highest BCUT2D eigenvalue weighted by Crippen LogP contribution is 2.23. The van der Waals surface area contributed by atoms with Gasteiger partial charge in [-0.25, -0.2) is 4.98 Å². The van der Waals surface area contributed by atoms with Crippen LogP contribution in [0.5, 0.6) is 0 Å². The molecule has 1 atom stereocenters. The van der Waals surface area contributed by atoms with E-state index in [-0.39, 0.29) is 11.8 Å². The molecule has 0 saturated carbocycles. The van der Waals surface area contributed by atoms with Gasteiger partial charge in [0.05, 0.1) is 6.54 Å². The summed E-state index contributed by atoms with van der Waals surface area (Å²) in [6, 6.07) is 7.47. The molecule has 0 aliphatic carbocycles. The van der Waals surface area contributed by atoms with Crippen LogP contribution in [0.15, 0.2) is 36.7 Å². The second-order valence-electron chi connectivity index (χ2n) is 6.70. The molecule has 2 amide bonds. The van der Waals surface area contributed by atoms with Crippen molar-refractivity contribution in [3.8, 4) is 0 Å². The van der Waals surface area contributed by atoms with Crippen molar-refractivity contribution in [3.05, 3.63) is 48.0 Å². The number of carbonyl (C=O) groups is 2. The average molecular weight is 355 g/mol. The first kappa shape index (κ1) is 18.1. The third-order valence-corrected chi connectivity index (χ3v) is 4.54. The summed E-state index contributed by atoms with van der Waals surface area (Å²) in [6.45, 7) is 4.16. The van der Waals surface area contributed by atoms with Crippen molar-refractivity contribution in [2.45, 2.75) is 32.2 Å². The Balaban J connectivity index is 1.44. The summed E-state index contributed by atoms with van der Waals surface area (Å²) in [7, 11) is 0. The maximum atomic E-state index is 12.3. The number of hydrogen-bond donors (Lipinski definition) is 3. The molecular weight excluding hydrogens is 330 g/mol. The molecule has 1 aliphatic rings. The van der Waals surface area contributed by atoms with Crippen molar-refractivity contribution >= 4 is 17.5 Å². The first-order valence-electron chi connectivity index (χ1n) is 8.95. The van der Waals surface area contributed by atoms with Crippen LogP contribution in [0.2, 0.25) is 0 Å². The third-order valence-electron chi connectivity index (χ3n) is 4.54. The van der Waals surface area contributed by atoms with Gasteiger partial charge >= 0.3 is 0 Å². The molecule has 1 fully saturated rings. The lowest BCUT2D eigenvalue weighted by Crippen LogP contribution is -2.42. The third kappa shape index (κ3) is 5.16. The molecule has 1 saturated heterocycles. The molecule has 7 nitrogen and oxygen atoms in total. The van der Waals surface area contributed by atoms with Gasteiger partial charge < -0.3 is 15.6 Å². The lowest BCUT2D eigenvalue weighted by Gasteiger charge is -2.31. The highest BCUT2D eigenvalue weighted by Gasteiger charge is 2.24. The van der Waals surface area contributed by atoms with Gasteiger partial charge in [0.25, 0.3) is 0 Å². The largest absolute Gasteiger partial charge is 0.351 e. The van der Waals surface area contributed by atoms with E-state index in [1.807, 2.05) is 30.5 Å². The number of aromatic amines is 1. The molecule has 0 spiro atoms. The number of nitrogens with zero attached hydrogens (tertiary/aromatic N) is 2. The summed E-state index contributed by atoms with van der Waals surface area (Å²) in [4.78, 5) is 33.0. The second-order valence-corrected chi connectivity index (χ2v) is 6.70. The monoisotopic (exact) mass is 355 g/mol. The van der Waals surface area contributed by atoms with Gasteiger partial charge in [-0.1, -0.05) is 12.1 Å². The molecule has 3 N–H and O–H groups in total. The molecular formula is C19H25N5O2. The summed E-state index contributed by atoms with van der Waals surface area (Å²) < 4.78 is 0. The van der Waals surface area contributed by atoms with E-state index in [0.717, 1.165) is 43.0 Å². The summed E-state index contributed by atoms with van der Waals surface area (Å²) >= 11 is 0. The fourth-order valence-electron chi connectivity index (χ4n) is 3.29. The summed E-state index contributed by atoms with van der Waals surface area (Å²) in [6.07, 6.45) is 5.80. The molecule has 0 bridgehead atoms. The molecule has 1 aromatic carbocycles. The molecule has 0 radical (unpaired) electrons. The molecule has 3 rings (SSSR count). The molecule has 26 heavy (non-hydrogen) atoms. The number of likely N-dealkylation sites (tertiary alicyclic amines) is 1. The van der Waals surface area contributed by atoms with Crippen LogP contribution in [0.4, 0.5) is 5.69 Å². The van der Waals surface area contributed by atoms with Gasteiger partial charge in [-0.3, -0.25) is 14.5 Å². The van der Waals surface area contributed by atoms with Crippen LogP contribution in [0.25, 0.3) is 0 Å². The topological polar surface area (TPSA) is 90.1 Å². The Morgan fingerprint density at radius 3 is 2.81 bits per heavy atom. The van der Waals surface area contributed by atoms with Gasteiger partial charge in [0.15, 0.2) is 0 Å². The minimum atomic E-state index is -0.0968. The number of nitrogens with one attached hydrogen (secondary N) is 3. The minimum absolute atomic E-state index is 0.0241. The Morgan fingerprint density at radius 1 is 1.31 bits per heavy atom. The van der Waals surface area contributed by atoms with Gasteiger partial charge in [-0.05, 0) is 37.1 Å². The van der Waals surface area contributed by atoms with E-state index >= 15 is 0 Å². The predicted octanol–water partition coefficient (Wildman–Crippen LogP) is 1.86. The zero-order valence-electron chi connectivity index (χ0n) is 15.0. The number of benzene rings is 1. The number of amides is 2. The van der Waals surface area contributed by atoms with Crippen LogP contribution in [-0.4, -0.2) is 46.3 Å². The van der Waals surface area contributed by atoms with Gasteiger partial charge in [0.1, 0.15) is 5.82 Å². The van der Waals surface area contributed by atoms with Crippen molar-refractivity contribution in [1.29, 1.82) is 0 Å². The van der Waals surface area contributed by atoms with E-state index in [1.54, 1.807) is 6.20 Å². The van der Waals surface area contributed by atoms with E-state index < -0.39 is 0 Å². The number of H-pyrrole nitrogens is 1. The van der Waals surface area contributed by atoms with Crippen molar-refractivity contribution < 1.29 is 9.59 Å². The van der Waals surface area contributed by atoms with Gasteiger partial charge in [-0.15, -0.1) is 0 Å². The maximum absolute atomic E-state index is 12.3. The Morgan fingerprint density at radius 2 is 2.12 bits per heavy atom. The Kier molecular flexibility index (Phi) is 6.01. The number of rotatable bonds is 6. The van der Waals surface area contributed by atoms with Gasteiger partial charge in [0, 0.05) is 44.0 Å². The van der Waals surface area contributed by atoms with E-state index in [2.05, 4.69) is 25.5 Å². The van der Waals surface area contributed by atoms with Crippen molar-refractivity contribution in [2.24, 2.45) is 0 Å². The predicted molar refractivity (Wildman–Crippen MR) is 99.6 cm³/mol. The highest BCUT2D eigenvalue weighted by atomic mass is 16.2. The second kappa shape index (κ2) is 8.62. The first-order valence-corrected chi connectivity index (χ1v) is 8.95. The molecule has 2 aromatic rings. The Bertz CT molecular complexity index is 727. The fourth-order valence-corrected chi connectivity index (χ4v) is 3.29. The smallest absolute Gasteiger partial charge is 0.234 e. The first-order chi connectivity index (χ1) is 12.6. The van der Waals surface area contributed by atoms with E-state index in [4.69, 9.17) is 0 Å². The lowest BCUT2D eigenvalue weighted by atomic mass is 9.97. The van der Waals surface area contributed by atoms with Crippen LogP contribution in [-0.2, 0) is 16.1 Å². The standard InChI is InChI=1S/C19H25N5O2/c1-14(25)23-17-6-4-15(5-7-17)11-22-18(26)13-24-10-2-3-16(12-24)19-20-8-9-21-19/h4-9,16H,2-3,10-13H2,1H3,(H,20,21)(H,22,26)(H,23,25)/t16-/m1/s1. The molecule has 7 heteroatoms. The maximum Gasteiger partial charge on any atom is 0.234 e. The van der Waals surface area contributed by atoms with E-state index in [0.29, 0.717) is 19.0 Å². The average Bonchev–Trinajstić information content (AvgIpc) is 3.16. The summed E-state index contributed by atoms with van der Waals surface area (Å²) in [5.74, 6) is 1.30. The van der Waals surface area contributed by atoms with Crippen LogP contribution >= 0.6 is 0 Å². The summed E-state index contributed by atoms with van der Waals surface area (Å²) in [5, 5.41) is 5.69. The van der Waals surface area contributed by atoms with E-state index in [1.165, 1.54) is 6.92 Å². The molecule has 1 aliphatic heterocycles. The number of imidazole rings is 1. The number of piperidine rings is 1. The van der Waals surface area contributed by atoms with Crippen LogP contribution in [0.1, 0.15) is 37.1 Å². The van der Waals surface area contributed by atoms with Gasteiger partial charge in [-0.2, -0.15) is 0 Å². The van der Waals surface area contributed by atoms with Crippen LogP contribution < -0.4 is 10.6 Å². The molecule has 0 unspecified atom stereocenters. The zero-order valence-corrected chi connectivity index (χ0v) is 15.0. The SMILES string of the molecule is CC(=O)Nc1ccc(CNC(=O)CN2CCC[C@@H](c3ncc[nH]3)C2)cc1. The Hall–Kier alpha value is -2.67. The quantitative estimate of drug-likeness (QED) is 0.738. The number of hydrogen-bond acceptors (Lipinski definition) is 4. The zero-order chi connectivity index (χ0) is 18.4. The molecule has 1 aromatic heterocycles. The molecule has 138 valence electrons. The van der Waals surface area contributed by atoms with E-state index in [9.17, 15) is 9.59 Å².